The van der Waals surface area contributed by atoms with Gasteiger partial charge in [-0.1, -0.05) is 6.07 Å². The Balaban J connectivity index is 1.95. The molecule has 0 fully saturated rings. The quantitative estimate of drug-likeness (QED) is 0.384. The van der Waals surface area contributed by atoms with Gasteiger partial charge < -0.3 is 18.8 Å². The Hall–Kier alpha value is -3.33. The third-order valence-electron chi connectivity index (χ3n) is 4.35. The first kappa shape index (κ1) is 20.4. The number of rotatable bonds is 9. The second-order valence-corrected chi connectivity index (χ2v) is 7.15. The van der Waals surface area contributed by atoms with Crippen molar-refractivity contribution in [3.63, 3.8) is 0 Å². The highest BCUT2D eigenvalue weighted by atomic mass is 32.1. The van der Waals surface area contributed by atoms with Crippen molar-refractivity contribution in [2.24, 2.45) is 0 Å². The average molecular weight is 416 g/mol. The molecule has 0 saturated carbocycles. The van der Waals surface area contributed by atoms with Gasteiger partial charge in [0, 0.05) is 17.5 Å². The number of carbonyl (C=O) groups is 1. The zero-order chi connectivity index (χ0) is 20.8. The number of nitro groups is 1. The van der Waals surface area contributed by atoms with Crippen molar-refractivity contribution >= 4 is 22.9 Å². The van der Waals surface area contributed by atoms with Crippen molar-refractivity contribution < 1.29 is 23.6 Å². The van der Waals surface area contributed by atoms with Gasteiger partial charge in [-0.05, 0) is 30.0 Å². The zero-order valence-electron chi connectivity index (χ0n) is 16.0. The fourth-order valence-electron chi connectivity index (χ4n) is 2.90. The molecule has 2 heterocycles. The number of nitro benzene ring substituents is 1. The average Bonchev–Trinajstić information content (AvgIpc) is 3.43. The van der Waals surface area contributed by atoms with Crippen molar-refractivity contribution in [1.82, 2.24) is 4.90 Å². The van der Waals surface area contributed by atoms with Crippen LogP contribution in [0.2, 0.25) is 0 Å². The molecule has 0 spiro atoms. The SMILES string of the molecule is COc1cc(C(=O)N(CCc2cccs2)Cc2ccco2)c([N+](=O)[O-])cc1OC. The first-order valence-corrected chi connectivity index (χ1v) is 9.66. The van der Waals surface area contributed by atoms with Crippen molar-refractivity contribution in [3.05, 3.63) is 74.4 Å². The summed E-state index contributed by atoms with van der Waals surface area (Å²) in [6, 6.07) is 9.97. The van der Waals surface area contributed by atoms with Crippen LogP contribution in [0.4, 0.5) is 5.69 Å². The number of hydrogen-bond acceptors (Lipinski definition) is 7. The van der Waals surface area contributed by atoms with Crippen molar-refractivity contribution in [3.8, 4) is 11.5 Å². The summed E-state index contributed by atoms with van der Waals surface area (Å²) in [6.45, 7) is 0.578. The van der Waals surface area contributed by atoms with Crippen molar-refractivity contribution in [2.45, 2.75) is 13.0 Å². The first-order valence-electron chi connectivity index (χ1n) is 8.78. The summed E-state index contributed by atoms with van der Waals surface area (Å²) >= 11 is 1.59. The van der Waals surface area contributed by atoms with Gasteiger partial charge in [-0.2, -0.15) is 0 Å². The van der Waals surface area contributed by atoms with Gasteiger partial charge >= 0.3 is 0 Å². The van der Waals surface area contributed by atoms with Crippen LogP contribution in [-0.4, -0.2) is 36.5 Å². The number of carbonyl (C=O) groups excluding carboxylic acids is 1. The van der Waals surface area contributed by atoms with E-state index in [0.717, 1.165) is 4.88 Å². The predicted octanol–water partition coefficient (Wildman–Crippen LogP) is 4.15. The number of amides is 1. The van der Waals surface area contributed by atoms with Gasteiger partial charge in [0.2, 0.25) is 0 Å². The Bertz CT molecular complexity index is 969. The minimum atomic E-state index is -0.598. The molecule has 152 valence electrons. The van der Waals surface area contributed by atoms with E-state index in [0.29, 0.717) is 18.7 Å². The van der Waals surface area contributed by atoms with Crippen molar-refractivity contribution in [2.75, 3.05) is 20.8 Å². The highest BCUT2D eigenvalue weighted by molar-refractivity contribution is 7.09. The van der Waals surface area contributed by atoms with E-state index >= 15 is 0 Å². The smallest absolute Gasteiger partial charge is 0.286 e. The lowest BCUT2D eigenvalue weighted by atomic mass is 10.1. The van der Waals surface area contributed by atoms with Gasteiger partial charge in [0.05, 0.1) is 38.0 Å². The summed E-state index contributed by atoms with van der Waals surface area (Å²) in [7, 11) is 2.79. The fraction of sp³-hybridized carbons (Fsp3) is 0.250. The highest BCUT2D eigenvalue weighted by Gasteiger charge is 2.28. The number of methoxy groups -OCH3 is 2. The molecule has 0 aliphatic heterocycles. The Morgan fingerprint density at radius 3 is 2.55 bits per heavy atom. The normalized spacial score (nSPS) is 10.6. The van der Waals surface area contributed by atoms with Gasteiger partial charge in [-0.3, -0.25) is 14.9 Å². The van der Waals surface area contributed by atoms with Gasteiger partial charge in [0.1, 0.15) is 11.3 Å². The summed E-state index contributed by atoms with van der Waals surface area (Å²) in [6.07, 6.45) is 2.15. The molecule has 0 bridgehead atoms. The predicted molar refractivity (Wildman–Crippen MR) is 108 cm³/mol. The molecule has 29 heavy (non-hydrogen) atoms. The van der Waals surface area contributed by atoms with E-state index in [1.165, 1.54) is 37.5 Å². The van der Waals surface area contributed by atoms with Crippen LogP contribution in [0.3, 0.4) is 0 Å². The van der Waals surface area contributed by atoms with Gasteiger partial charge in [0.25, 0.3) is 11.6 Å². The van der Waals surface area contributed by atoms with Gasteiger partial charge in [0.15, 0.2) is 11.5 Å². The maximum Gasteiger partial charge on any atom is 0.286 e. The van der Waals surface area contributed by atoms with Crippen LogP contribution < -0.4 is 9.47 Å². The standard InChI is InChI=1S/C20H20N2O6S/c1-26-18-11-16(17(22(24)25)12-19(18)27-2)20(23)21(13-14-5-3-9-28-14)8-7-15-6-4-10-29-15/h3-6,9-12H,7-8,13H2,1-2H3. The summed E-state index contributed by atoms with van der Waals surface area (Å²) in [4.78, 5) is 27.0. The molecular formula is C20H20N2O6S. The molecule has 9 heteroatoms. The summed E-state index contributed by atoms with van der Waals surface area (Å²) < 4.78 is 15.7. The Kier molecular flexibility index (Phi) is 6.50. The van der Waals surface area contributed by atoms with Gasteiger partial charge in [-0.25, -0.2) is 0 Å². The van der Waals surface area contributed by atoms with E-state index in [2.05, 4.69) is 0 Å². The van der Waals surface area contributed by atoms with Crippen LogP contribution in [0.1, 0.15) is 21.0 Å². The third-order valence-corrected chi connectivity index (χ3v) is 5.29. The monoisotopic (exact) mass is 416 g/mol. The van der Waals surface area contributed by atoms with E-state index in [1.54, 1.807) is 23.5 Å². The Morgan fingerprint density at radius 2 is 1.97 bits per heavy atom. The molecule has 0 radical (unpaired) electrons. The molecule has 0 atom stereocenters. The molecular weight excluding hydrogens is 396 g/mol. The van der Waals surface area contributed by atoms with Gasteiger partial charge in [-0.15, -0.1) is 11.3 Å². The maximum atomic E-state index is 13.3. The van der Waals surface area contributed by atoms with E-state index in [-0.39, 0.29) is 29.3 Å². The van der Waals surface area contributed by atoms with E-state index in [1.807, 2.05) is 17.5 Å². The zero-order valence-corrected chi connectivity index (χ0v) is 16.8. The molecule has 1 amide bonds. The summed E-state index contributed by atoms with van der Waals surface area (Å²) in [5.41, 5.74) is -0.404. The number of hydrogen-bond donors (Lipinski definition) is 0. The minimum absolute atomic E-state index is 0.0645. The van der Waals surface area contributed by atoms with Crippen LogP contribution in [0, 0.1) is 10.1 Å². The molecule has 0 aliphatic rings. The second-order valence-electron chi connectivity index (χ2n) is 6.12. The number of nitrogens with zero attached hydrogens (tertiary/aromatic N) is 2. The van der Waals surface area contributed by atoms with Crippen LogP contribution in [0.25, 0.3) is 0 Å². The lowest BCUT2D eigenvalue weighted by Crippen LogP contribution is -2.32. The topological polar surface area (TPSA) is 95.0 Å². The minimum Gasteiger partial charge on any atom is -0.493 e. The van der Waals surface area contributed by atoms with E-state index < -0.39 is 10.8 Å². The lowest BCUT2D eigenvalue weighted by Gasteiger charge is -2.22. The van der Waals surface area contributed by atoms with E-state index in [9.17, 15) is 14.9 Å². The van der Waals surface area contributed by atoms with Crippen LogP contribution >= 0.6 is 11.3 Å². The third kappa shape index (κ3) is 4.75. The van der Waals surface area contributed by atoms with Crippen molar-refractivity contribution in [1.29, 1.82) is 0 Å². The molecule has 0 aliphatic carbocycles. The summed E-state index contributed by atoms with van der Waals surface area (Å²) in [5.74, 6) is 0.544. The molecule has 0 saturated heterocycles. The molecule has 0 unspecified atom stereocenters. The maximum absolute atomic E-state index is 13.3. The van der Waals surface area contributed by atoms with Crippen LogP contribution in [-0.2, 0) is 13.0 Å². The number of ether oxygens (including phenoxy) is 2. The highest BCUT2D eigenvalue weighted by Crippen LogP contribution is 2.35. The number of furan rings is 1. The molecule has 3 rings (SSSR count). The van der Waals surface area contributed by atoms with E-state index in [4.69, 9.17) is 13.9 Å². The molecule has 8 nitrogen and oxygen atoms in total. The largest absolute Gasteiger partial charge is 0.493 e. The number of benzene rings is 1. The summed E-state index contributed by atoms with van der Waals surface area (Å²) in [5, 5.41) is 13.6. The Labute approximate surface area is 171 Å². The second kappa shape index (κ2) is 9.24. The number of thiophene rings is 1. The molecule has 1 aromatic carbocycles. The van der Waals surface area contributed by atoms with Crippen LogP contribution in [0.15, 0.2) is 52.5 Å². The Morgan fingerprint density at radius 1 is 1.21 bits per heavy atom. The molecule has 0 N–H and O–H groups in total. The molecule has 2 aromatic heterocycles. The first-order chi connectivity index (χ1) is 14.0. The van der Waals surface area contributed by atoms with Crippen LogP contribution in [0.5, 0.6) is 11.5 Å². The lowest BCUT2D eigenvalue weighted by molar-refractivity contribution is -0.385. The molecule has 3 aromatic rings. The fourth-order valence-corrected chi connectivity index (χ4v) is 3.60.